The Bertz CT molecular complexity index is 1880. The highest BCUT2D eigenvalue weighted by Gasteiger charge is 2.30. The Hall–Kier alpha value is -1.94. The standard InChI is InChI=1S/C79H154O17P2/c1-6-10-13-16-19-22-25-27-29-31-32-33-34-35-37-39-42-45-48-55-60-65-79(84)95-74(68-89-76(81)62-57-52-46-43-41-38-36-30-28-26-23-20-17-14-11-7-2)70-93-97(85,86)91-66-73(80)67-92-98(87,88)94-71-75(69-90-77(82)63-58-53-50-49-51-56-61-72(5)9-4)96-78(83)64-59-54-47-44-40-24-21-18-15-12-8-3/h72-75,80H,6-71H2,1-5H3,(H,85,86)(H,87,88)/t72?,73-,74-,75-/m1/s1. The van der Waals surface area contributed by atoms with Crippen molar-refractivity contribution in [3.63, 3.8) is 0 Å². The number of hydrogen-bond acceptors (Lipinski definition) is 15. The lowest BCUT2D eigenvalue weighted by Crippen LogP contribution is -2.30. The minimum Gasteiger partial charge on any atom is -0.462 e. The van der Waals surface area contributed by atoms with E-state index in [-0.39, 0.29) is 25.7 Å². The number of unbranched alkanes of at least 4 members (excludes halogenated alkanes) is 50. The van der Waals surface area contributed by atoms with Crippen molar-refractivity contribution in [2.24, 2.45) is 5.92 Å². The second-order valence-corrected chi connectivity index (χ2v) is 31.6. The number of hydrogen-bond donors (Lipinski definition) is 3. The number of carbonyl (C=O) groups is 4. The minimum atomic E-state index is -4.96. The first-order valence-corrected chi connectivity index (χ1v) is 44.2. The molecule has 0 aromatic carbocycles. The first-order valence-electron chi connectivity index (χ1n) is 41.2. The summed E-state index contributed by atoms with van der Waals surface area (Å²) in [5.74, 6) is -1.38. The van der Waals surface area contributed by atoms with E-state index >= 15 is 0 Å². The number of aliphatic hydroxyl groups excluding tert-OH is 1. The molecular weight excluding hydrogens is 1280 g/mol. The van der Waals surface area contributed by atoms with Gasteiger partial charge in [-0.3, -0.25) is 37.3 Å². The fourth-order valence-corrected chi connectivity index (χ4v) is 13.8. The van der Waals surface area contributed by atoms with Gasteiger partial charge in [-0.2, -0.15) is 0 Å². The number of esters is 4. The van der Waals surface area contributed by atoms with E-state index in [9.17, 15) is 43.2 Å². The van der Waals surface area contributed by atoms with Crippen molar-refractivity contribution in [2.45, 2.75) is 438 Å². The number of phosphoric acid groups is 2. The van der Waals surface area contributed by atoms with Gasteiger partial charge in [0.2, 0.25) is 0 Å². The molecule has 0 saturated carbocycles. The average molecular weight is 1440 g/mol. The van der Waals surface area contributed by atoms with Gasteiger partial charge in [-0.05, 0) is 31.6 Å². The summed E-state index contributed by atoms with van der Waals surface area (Å²) in [6.07, 6.45) is 62.5. The number of aliphatic hydroxyl groups is 1. The van der Waals surface area contributed by atoms with Gasteiger partial charge in [0.25, 0.3) is 0 Å². The molecule has 0 spiro atoms. The highest BCUT2D eigenvalue weighted by Crippen LogP contribution is 2.45. The van der Waals surface area contributed by atoms with Crippen LogP contribution in [0.2, 0.25) is 0 Å². The van der Waals surface area contributed by atoms with Crippen LogP contribution in [0.25, 0.3) is 0 Å². The van der Waals surface area contributed by atoms with Crippen molar-refractivity contribution < 1.29 is 80.2 Å². The molecule has 0 amide bonds. The molecule has 0 aliphatic rings. The van der Waals surface area contributed by atoms with Crippen molar-refractivity contribution in [3.8, 4) is 0 Å². The van der Waals surface area contributed by atoms with Crippen LogP contribution in [0.1, 0.15) is 420 Å². The highest BCUT2D eigenvalue weighted by molar-refractivity contribution is 7.47. The molecule has 0 aromatic heterocycles. The molecule has 0 aliphatic carbocycles. The summed E-state index contributed by atoms with van der Waals surface area (Å²) < 4.78 is 68.6. The molecule has 0 radical (unpaired) electrons. The van der Waals surface area contributed by atoms with Gasteiger partial charge in [0.15, 0.2) is 12.2 Å². The lowest BCUT2D eigenvalue weighted by atomic mass is 10.00. The number of rotatable bonds is 79. The smallest absolute Gasteiger partial charge is 0.462 e. The molecule has 0 rings (SSSR count). The fraction of sp³-hybridized carbons (Fsp3) is 0.949. The number of phosphoric ester groups is 2. The van der Waals surface area contributed by atoms with Crippen LogP contribution in [-0.2, 0) is 65.4 Å². The third-order valence-corrected chi connectivity index (χ3v) is 20.8. The third-order valence-electron chi connectivity index (χ3n) is 18.9. The van der Waals surface area contributed by atoms with Crippen LogP contribution in [-0.4, -0.2) is 96.7 Å². The maximum absolute atomic E-state index is 13.1. The monoisotopic (exact) mass is 1440 g/mol. The number of carbonyl (C=O) groups excluding carboxylic acids is 4. The largest absolute Gasteiger partial charge is 0.472 e. The lowest BCUT2D eigenvalue weighted by Gasteiger charge is -2.21. The fourth-order valence-electron chi connectivity index (χ4n) is 12.2. The molecule has 0 aliphatic heterocycles. The van der Waals surface area contributed by atoms with E-state index in [4.69, 9.17) is 37.0 Å². The molecule has 0 bridgehead atoms. The van der Waals surface area contributed by atoms with Crippen LogP contribution < -0.4 is 0 Å². The summed E-state index contributed by atoms with van der Waals surface area (Å²) in [4.78, 5) is 72.9. The van der Waals surface area contributed by atoms with Crippen molar-refractivity contribution in [2.75, 3.05) is 39.6 Å². The van der Waals surface area contributed by atoms with Crippen molar-refractivity contribution >= 4 is 39.5 Å². The van der Waals surface area contributed by atoms with Gasteiger partial charge in [-0.1, -0.05) is 369 Å². The summed E-state index contributed by atoms with van der Waals surface area (Å²) in [6.45, 7) is 7.27. The van der Waals surface area contributed by atoms with Gasteiger partial charge < -0.3 is 33.8 Å². The molecule has 98 heavy (non-hydrogen) atoms. The molecule has 3 unspecified atom stereocenters. The summed E-state index contributed by atoms with van der Waals surface area (Å²) in [6, 6.07) is 0. The second kappa shape index (κ2) is 72.0. The van der Waals surface area contributed by atoms with Crippen LogP contribution in [0.3, 0.4) is 0 Å². The molecule has 582 valence electrons. The van der Waals surface area contributed by atoms with Gasteiger partial charge in [-0.15, -0.1) is 0 Å². The van der Waals surface area contributed by atoms with Gasteiger partial charge in [0, 0.05) is 25.7 Å². The second-order valence-electron chi connectivity index (χ2n) is 28.7. The Morgan fingerprint density at radius 3 is 0.724 bits per heavy atom. The average Bonchev–Trinajstić information content (AvgIpc) is 1.09. The maximum atomic E-state index is 13.1. The maximum Gasteiger partial charge on any atom is 0.472 e. The molecule has 0 heterocycles. The van der Waals surface area contributed by atoms with Gasteiger partial charge in [0.1, 0.15) is 19.3 Å². The Morgan fingerprint density at radius 2 is 0.490 bits per heavy atom. The molecule has 19 heteroatoms. The zero-order valence-corrected chi connectivity index (χ0v) is 65.7. The highest BCUT2D eigenvalue weighted by atomic mass is 31.2. The van der Waals surface area contributed by atoms with Crippen molar-refractivity contribution in [3.05, 3.63) is 0 Å². The Kier molecular flexibility index (Phi) is 70.6. The van der Waals surface area contributed by atoms with Gasteiger partial charge in [-0.25, -0.2) is 9.13 Å². The minimum absolute atomic E-state index is 0.106. The third kappa shape index (κ3) is 71.1. The van der Waals surface area contributed by atoms with Crippen LogP contribution in [0, 0.1) is 5.92 Å². The number of ether oxygens (including phenoxy) is 4. The predicted molar refractivity (Wildman–Crippen MR) is 400 cm³/mol. The molecule has 6 atom stereocenters. The van der Waals surface area contributed by atoms with E-state index < -0.39 is 97.5 Å². The molecule has 0 aromatic rings. The van der Waals surface area contributed by atoms with E-state index in [1.165, 1.54) is 238 Å². The van der Waals surface area contributed by atoms with Crippen molar-refractivity contribution in [1.82, 2.24) is 0 Å². The van der Waals surface area contributed by atoms with Gasteiger partial charge >= 0.3 is 39.5 Å². The van der Waals surface area contributed by atoms with E-state index in [0.717, 1.165) is 102 Å². The normalized spacial score (nSPS) is 14.2. The molecule has 17 nitrogen and oxygen atoms in total. The summed E-state index contributed by atoms with van der Waals surface area (Å²) >= 11 is 0. The van der Waals surface area contributed by atoms with Gasteiger partial charge in [0.05, 0.1) is 26.4 Å². The van der Waals surface area contributed by atoms with Crippen LogP contribution in [0.5, 0.6) is 0 Å². The van der Waals surface area contributed by atoms with E-state index in [0.29, 0.717) is 25.7 Å². The lowest BCUT2D eigenvalue weighted by molar-refractivity contribution is -0.161. The zero-order chi connectivity index (χ0) is 71.9. The van der Waals surface area contributed by atoms with Crippen LogP contribution >= 0.6 is 15.6 Å². The van der Waals surface area contributed by atoms with Crippen molar-refractivity contribution in [1.29, 1.82) is 0 Å². The first kappa shape index (κ1) is 96.1. The molecule has 0 fully saturated rings. The molecule has 0 saturated heterocycles. The quantitative estimate of drug-likeness (QED) is 0.0222. The van der Waals surface area contributed by atoms with Crippen LogP contribution in [0.15, 0.2) is 0 Å². The summed E-state index contributed by atoms with van der Waals surface area (Å²) in [7, 11) is -9.91. The first-order chi connectivity index (χ1) is 47.6. The Balaban J connectivity index is 5.20. The predicted octanol–water partition coefficient (Wildman–Crippen LogP) is 23.6. The molecule has 3 N–H and O–H groups in total. The zero-order valence-electron chi connectivity index (χ0n) is 63.9. The SMILES string of the molecule is CCCCCCCCCCCCCCCCCCCCCCCC(=O)O[C@H](COC(=O)CCCCCCCCCCCCCCCCCC)COP(=O)(O)OC[C@@H](O)COP(=O)(O)OC[C@@H](COC(=O)CCCCCCCCC(C)CC)OC(=O)CCCCCCCCCCCCC. The van der Waals surface area contributed by atoms with E-state index in [1.54, 1.807) is 0 Å². The summed E-state index contributed by atoms with van der Waals surface area (Å²) in [5.41, 5.74) is 0. The summed E-state index contributed by atoms with van der Waals surface area (Å²) in [5, 5.41) is 10.6. The topological polar surface area (TPSA) is 237 Å². The molecular formula is C79H154O17P2. The van der Waals surface area contributed by atoms with Crippen LogP contribution in [0.4, 0.5) is 0 Å². The van der Waals surface area contributed by atoms with E-state index in [1.807, 2.05) is 0 Å². The van der Waals surface area contributed by atoms with E-state index in [2.05, 4.69) is 34.6 Å². The Morgan fingerprint density at radius 1 is 0.286 bits per heavy atom. The Labute approximate surface area is 600 Å².